The molecule has 0 aliphatic carbocycles. The maximum Gasteiger partial charge on any atom is 0.234 e. The maximum absolute atomic E-state index is 12.4. The highest BCUT2D eigenvalue weighted by Crippen LogP contribution is 2.12. The van der Waals surface area contributed by atoms with Crippen molar-refractivity contribution in [2.75, 3.05) is 38.0 Å². The molecule has 1 aliphatic heterocycles. The van der Waals surface area contributed by atoms with Gasteiger partial charge < -0.3 is 10.6 Å². The molecule has 0 radical (unpaired) electrons. The molecule has 2 aromatic carbocycles. The van der Waals surface area contributed by atoms with E-state index >= 15 is 0 Å². The summed E-state index contributed by atoms with van der Waals surface area (Å²) in [6.07, 6.45) is 0. The van der Waals surface area contributed by atoms with E-state index in [4.69, 9.17) is 0 Å². The predicted molar refractivity (Wildman–Crippen MR) is 120 cm³/mol. The van der Waals surface area contributed by atoms with E-state index in [0.717, 1.165) is 44.0 Å². The molecule has 30 heavy (non-hydrogen) atoms. The lowest BCUT2D eigenvalue weighted by Gasteiger charge is -2.34. The van der Waals surface area contributed by atoms with Crippen LogP contribution in [0.2, 0.25) is 0 Å². The molecule has 0 aromatic heterocycles. The van der Waals surface area contributed by atoms with Crippen LogP contribution in [0.1, 0.15) is 25.0 Å². The maximum atomic E-state index is 12.4. The number of carbonyl (C=O) groups is 2. The SMILES string of the molecule is CC(C)C(=O)Nc1cccc(CNC(=O)CN2CCN(Cc3ccccc3)CC2)c1. The second kappa shape index (κ2) is 10.9. The third-order valence-corrected chi connectivity index (χ3v) is 5.29. The molecular formula is C24H32N4O2. The average Bonchev–Trinajstić information content (AvgIpc) is 2.75. The minimum atomic E-state index is -0.0680. The topological polar surface area (TPSA) is 64.7 Å². The molecule has 0 atom stereocenters. The summed E-state index contributed by atoms with van der Waals surface area (Å²) in [5, 5.41) is 5.89. The Labute approximate surface area is 179 Å². The number of nitrogens with one attached hydrogen (secondary N) is 2. The van der Waals surface area contributed by atoms with Crippen molar-refractivity contribution in [2.24, 2.45) is 5.92 Å². The van der Waals surface area contributed by atoms with Crippen molar-refractivity contribution in [3.05, 3.63) is 65.7 Å². The van der Waals surface area contributed by atoms with E-state index in [1.807, 2.05) is 44.2 Å². The molecule has 2 N–H and O–H groups in total. The molecule has 0 spiro atoms. The number of rotatable bonds is 8. The van der Waals surface area contributed by atoms with E-state index < -0.39 is 0 Å². The molecule has 1 saturated heterocycles. The highest BCUT2D eigenvalue weighted by molar-refractivity contribution is 5.92. The van der Waals surface area contributed by atoms with Crippen molar-refractivity contribution in [1.29, 1.82) is 0 Å². The van der Waals surface area contributed by atoms with Crippen molar-refractivity contribution in [3.8, 4) is 0 Å². The Morgan fingerprint density at radius 1 is 0.900 bits per heavy atom. The van der Waals surface area contributed by atoms with Crippen LogP contribution >= 0.6 is 0 Å². The monoisotopic (exact) mass is 408 g/mol. The van der Waals surface area contributed by atoms with E-state index in [-0.39, 0.29) is 17.7 Å². The van der Waals surface area contributed by atoms with Crippen molar-refractivity contribution in [2.45, 2.75) is 26.9 Å². The standard InChI is InChI=1S/C24H32N4O2/c1-19(2)24(30)26-22-10-6-9-21(15-22)16-25-23(29)18-28-13-11-27(12-14-28)17-20-7-4-3-5-8-20/h3-10,15,19H,11-14,16-18H2,1-2H3,(H,25,29)(H,26,30). The molecule has 1 aliphatic rings. The van der Waals surface area contributed by atoms with E-state index in [1.165, 1.54) is 5.56 Å². The summed E-state index contributed by atoms with van der Waals surface area (Å²) in [6, 6.07) is 18.1. The molecule has 160 valence electrons. The van der Waals surface area contributed by atoms with Crippen LogP contribution in [0, 0.1) is 5.92 Å². The smallest absolute Gasteiger partial charge is 0.234 e. The summed E-state index contributed by atoms with van der Waals surface area (Å²) in [4.78, 5) is 28.9. The number of amides is 2. The van der Waals surface area contributed by atoms with Gasteiger partial charge in [-0.15, -0.1) is 0 Å². The number of hydrogen-bond acceptors (Lipinski definition) is 4. The van der Waals surface area contributed by atoms with Crippen LogP contribution in [0.3, 0.4) is 0 Å². The minimum Gasteiger partial charge on any atom is -0.351 e. The fraction of sp³-hybridized carbons (Fsp3) is 0.417. The summed E-state index contributed by atoms with van der Waals surface area (Å²) in [6.45, 7) is 9.31. The Kier molecular flexibility index (Phi) is 7.99. The summed E-state index contributed by atoms with van der Waals surface area (Å²) >= 11 is 0. The largest absolute Gasteiger partial charge is 0.351 e. The van der Waals surface area contributed by atoms with Gasteiger partial charge in [-0.1, -0.05) is 56.3 Å². The van der Waals surface area contributed by atoms with Gasteiger partial charge in [0.15, 0.2) is 0 Å². The number of hydrogen-bond donors (Lipinski definition) is 2. The Bertz CT molecular complexity index is 830. The Hall–Kier alpha value is -2.70. The number of piperazine rings is 1. The van der Waals surface area contributed by atoms with Gasteiger partial charge in [-0.3, -0.25) is 19.4 Å². The van der Waals surface area contributed by atoms with E-state index in [0.29, 0.717) is 13.1 Å². The van der Waals surface area contributed by atoms with Crippen molar-refractivity contribution < 1.29 is 9.59 Å². The van der Waals surface area contributed by atoms with Crippen LogP contribution in [0.4, 0.5) is 5.69 Å². The van der Waals surface area contributed by atoms with Crippen LogP contribution in [-0.4, -0.2) is 54.3 Å². The van der Waals surface area contributed by atoms with Gasteiger partial charge in [-0.05, 0) is 23.3 Å². The van der Waals surface area contributed by atoms with Crippen LogP contribution in [0.15, 0.2) is 54.6 Å². The Morgan fingerprint density at radius 2 is 1.57 bits per heavy atom. The van der Waals surface area contributed by atoms with Crippen LogP contribution in [0.5, 0.6) is 0 Å². The number of benzene rings is 2. The summed E-state index contributed by atoms with van der Waals surface area (Å²) in [7, 11) is 0. The lowest BCUT2D eigenvalue weighted by Crippen LogP contribution is -2.49. The van der Waals surface area contributed by atoms with Crippen LogP contribution in [0.25, 0.3) is 0 Å². The number of carbonyl (C=O) groups excluding carboxylic acids is 2. The van der Waals surface area contributed by atoms with Gasteiger partial charge in [0.05, 0.1) is 6.54 Å². The molecule has 6 nitrogen and oxygen atoms in total. The number of anilines is 1. The first-order valence-electron chi connectivity index (χ1n) is 10.6. The van der Waals surface area contributed by atoms with Gasteiger partial charge in [0.1, 0.15) is 0 Å². The normalized spacial score (nSPS) is 15.2. The van der Waals surface area contributed by atoms with E-state index in [1.54, 1.807) is 0 Å². The first kappa shape index (κ1) is 22.0. The van der Waals surface area contributed by atoms with Crippen molar-refractivity contribution in [3.63, 3.8) is 0 Å². The van der Waals surface area contributed by atoms with Gasteiger partial charge in [0.2, 0.25) is 11.8 Å². The van der Waals surface area contributed by atoms with Gasteiger partial charge in [0.25, 0.3) is 0 Å². The summed E-state index contributed by atoms with van der Waals surface area (Å²) in [5.41, 5.74) is 3.06. The minimum absolute atomic E-state index is 0.0115. The van der Waals surface area contributed by atoms with Crippen LogP contribution in [-0.2, 0) is 22.7 Å². The molecule has 0 unspecified atom stereocenters. The Morgan fingerprint density at radius 3 is 2.27 bits per heavy atom. The predicted octanol–water partition coefficient (Wildman–Crippen LogP) is 2.72. The zero-order valence-corrected chi connectivity index (χ0v) is 17.9. The zero-order chi connectivity index (χ0) is 21.3. The Balaban J connectivity index is 1.39. The number of nitrogens with zero attached hydrogens (tertiary/aromatic N) is 2. The fourth-order valence-electron chi connectivity index (χ4n) is 3.45. The molecule has 1 fully saturated rings. The lowest BCUT2D eigenvalue weighted by atomic mass is 10.1. The molecule has 2 amide bonds. The highest BCUT2D eigenvalue weighted by atomic mass is 16.2. The molecule has 6 heteroatoms. The van der Waals surface area contributed by atoms with Crippen molar-refractivity contribution in [1.82, 2.24) is 15.1 Å². The first-order valence-corrected chi connectivity index (χ1v) is 10.6. The van der Waals surface area contributed by atoms with Gasteiger partial charge in [-0.2, -0.15) is 0 Å². The van der Waals surface area contributed by atoms with Crippen molar-refractivity contribution >= 4 is 17.5 Å². The third-order valence-electron chi connectivity index (χ3n) is 5.29. The second-order valence-corrected chi connectivity index (χ2v) is 8.16. The highest BCUT2D eigenvalue weighted by Gasteiger charge is 2.19. The van der Waals surface area contributed by atoms with Crippen LogP contribution < -0.4 is 10.6 Å². The molecule has 2 aromatic rings. The van der Waals surface area contributed by atoms with Gasteiger partial charge >= 0.3 is 0 Å². The zero-order valence-electron chi connectivity index (χ0n) is 17.9. The lowest BCUT2D eigenvalue weighted by molar-refractivity contribution is -0.123. The second-order valence-electron chi connectivity index (χ2n) is 8.16. The van der Waals surface area contributed by atoms with E-state index in [9.17, 15) is 9.59 Å². The molecule has 1 heterocycles. The fourth-order valence-corrected chi connectivity index (χ4v) is 3.45. The summed E-state index contributed by atoms with van der Waals surface area (Å²) < 4.78 is 0. The molecular weight excluding hydrogens is 376 g/mol. The molecule has 0 saturated carbocycles. The van der Waals surface area contributed by atoms with E-state index in [2.05, 4.69) is 44.7 Å². The van der Waals surface area contributed by atoms with Gasteiger partial charge in [0, 0.05) is 50.9 Å². The molecule has 3 rings (SSSR count). The average molecular weight is 409 g/mol. The third kappa shape index (κ3) is 6.97. The van der Waals surface area contributed by atoms with Gasteiger partial charge in [-0.25, -0.2) is 0 Å². The molecule has 0 bridgehead atoms. The quantitative estimate of drug-likeness (QED) is 0.705. The summed E-state index contributed by atoms with van der Waals surface area (Å²) in [5.74, 6) is -0.0489. The first-order chi connectivity index (χ1) is 14.5.